The molecule has 0 saturated carbocycles. The molecule has 4 nitrogen and oxygen atoms in total. The number of benzene rings is 1. The molecule has 2 rings (SSSR count). The van der Waals surface area contributed by atoms with E-state index >= 15 is 0 Å². The van der Waals surface area contributed by atoms with Crippen LogP contribution in [-0.4, -0.2) is 17.0 Å². The fraction of sp³-hybridized carbons (Fsp3) is 0.333. The van der Waals surface area contributed by atoms with Crippen molar-refractivity contribution in [3.05, 3.63) is 46.2 Å². The van der Waals surface area contributed by atoms with Crippen LogP contribution < -0.4 is 10.6 Å². The molecule has 0 amide bonds. The first kappa shape index (κ1) is 14.6. The maximum atomic E-state index is 5.93. The number of rotatable bonds is 3. The maximum Gasteiger partial charge on any atom is 0.137 e. The van der Waals surface area contributed by atoms with Gasteiger partial charge in [-0.25, -0.2) is 9.97 Å². The van der Waals surface area contributed by atoms with Gasteiger partial charge in [0.25, 0.3) is 0 Å². The molecule has 20 heavy (non-hydrogen) atoms. The van der Waals surface area contributed by atoms with Crippen LogP contribution in [0.5, 0.6) is 0 Å². The second kappa shape index (κ2) is 5.67. The van der Waals surface area contributed by atoms with Gasteiger partial charge in [0.2, 0.25) is 0 Å². The van der Waals surface area contributed by atoms with Crippen LogP contribution in [0.1, 0.15) is 29.9 Å². The molecule has 0 spiro atoms. The summed E-state index contributed by atoms with van der Waals surface area (Å²) in [5.41, 5.74) is 8.00. The summed E-state index contributed by atoms with van der Waals surface area (Å²) < 4.78 is 0. The zero-order valence-corrected chi connectivity index (χ0v) is 12.9. The van der Waals surface area contributed by atoms with Gasteiger partial charge >= 0.3 is 0 Å². The van der Waals surface area contributed by atoms with Crippen LogP contribution in [-0.2, 0) is 0 Å². The number of nitrogens with two attached hydrogens (primary N) is 1. The van der Waals surface area contributed by atoms with Gasteiger partial charge in [0.05, 0.1) is 6.04 Å². The first-order valence-corrected chi connectivity index (χ1v) is 6.87. The Morgan fingerprint density at radius 3 is 2.35 bits per heavy atom. The van der Waals surface area contributed by atoms with Crippen LogP contribution in [0.4, 0.5) is 11.6 Å². The number of hydrogen-bond donors (Lipinski definition) is 1. The van der Waals surface area contributed by atoms with E-state index in [2.05, 4.69) is 21.8 Å². The van der Waals surface area contributed by atoms with E-state index in [9.17, 15) is 0 Å². The third-order valence-corrected chi connectivity index (χ3v) is 3.79. The van der Waals surface area contributed by atoms with Crippen molar-refractivity contribution in [2.45, 2.75) is 26.8 Å². The van der Waals surface area contributed by atoms with Crippen LogP contribution in [0.15, 0.2) is 24.3 Å². The van der Waals surface area contributed by atoms with Crippen LogP contribution in [0.25, 0.3) is 0 Å². The van der Waals surface area contributed by atoms with Gasteiger partial charge in [-0.15, -0.1) is 0 Å². The highest BCUT2D eigenvalue weighted by Gasteiger charge is 2.17. The van der Waals surface area contributed by atoms with Crippen LogP contribution in [0, 0.1) is 13.8 Å². The molecule has 1 aromatic carbocycles. The Hall–Kier alpha value is -1.81. The molecule has 0 fully saturated rings. The standard InChI is InChI=1S/C15H19ClN4/c1-9-14(17)18-11(3)19-15(9)20(4)10(2)12-5-7-13(16)8-6-12/h5-8,10H,1-4H3,(H2,17,18,19). The summed E-state index contributed by atoms with van der Waals surface area (Å²) >= 11 is 5.93. The summed E-state index contributed by atoms with van der Waals surface area (Å²) in [5, 5.41) is 0.738. The second-order valence-corrected chi connectivity index (χ2v) is 5.38. The molecule has 2 N–H and O–H groups in total. The monoisotopic (exact) mass is 290 g/mol. The molecule has 0 aliphatic heterocycles. The molecular weight excluding hydrogens is 272 g/mol. The minimum Gasteiger partial charge on any atom is -0.383 e. The summed E-state index contributed by atoms with van der Waals surface area (Å²) in [4.78, 5) is 10.8. The molecule has 1 unspecified atom stereocenters. The van der Waals surface area contributed by atoms with Crippen molar-refractivity contribution in [1.29, 1.82) is 0 Å². The van der Waals surface area contributed by atoms with Gasteiger partial charge in [-0.1, -0.05) is 23.7 Å². The first-order chi connectivity index (χ1) is 9.40. The number of aromatic nitrogens is 2. The van der Waals surface area contributed by atoms with E-state index in [4.69, 9.17) is 17.3 Å². The SMILES string of the molecule is Cc1nc(N)c(C)c(N(C)C(C)c2ccc(Cl)cc2)n1. The highest BCUT2D eigenvalue weighted by Crippen LogP contribution is 2.28. The summed E-state index contributed by atoms with van der Waals surface area (Å²) in [6, 6.07) is 8.01. The van der Waals surface area contributed by atoms with Crippen molar-refractivity contribution in [2.75, 3.05) is 17.7 Å². The highest BCUT2D eigenvalue weighted by atomic mass is 35.5. The summed E-state index contributed by atoms with van der Waals surface area (Å²) in [6.07, 6.45) is 0. The molecule has 1 heterocycles. The van der Waals surface area contributed by atoms with Gasteiger partial charge in [0, 0.05) is 17.6 Å². The van der Waals surface area contributed by atoms with Gasteiger partial charge in [0.1, 0.15) is 17.5 Å². The predicted molar refractivity (Wildman–Crippen MR) is 84.2 cm³/mol. The Balaban J connectivity index is 2.35. The van der Waals surface area contributed by atoms with E-state index in [1.165, 1.54) is 5.56 Å². The van der Waals surface area contributed by atoms with E-state index in [1.807, 2.05) is 45.2 Å². The smallest absolute Gasteiger partial charge is 0.137 e. The van der Waals surface area contributed by atoms with Gasteiger partial charge in [-0.2, -0.15) is 0 Å². The molecule has 106 valence electrons. The number of halogens is 1. The molecule has 0 radical (unpaired) electrons. The first-order valence-electron chi connectivity index (χ1n) is 6.49. The lowest BCUT2D eigenvalue weighted by Crippen LogP contribution is -2.24. The quantitative estimate of drug-likeness (QED) is 0.939. The zero-order chi connectivity index (χ0) is 14.9. The fourth-order valence-electron chi connectivity index (χ4n) is 2.13. The number of hydrogen-bond acceptors (Lipinski definition) is 4. The van der Waals surface area contributed by atoms with Crippen molar-refractivity contribution in [3.63, 3.8) is 0 Å². The van der Waals surface area contributed by atoms with Gasteiger partial charge in [-0.05, 0) is 38.5 Å². The lowest BCUT2D eigenvalue weighted by molar-refractivity contribution is 0.722. The Morgan fingerprint density at radius 2 is 1.75 bits per heavy atom. The lowest BCUT2D eigenvalue weighted by Gasteiger charge is -2.28. The third kappa shape index (κ3) is 2.85. The molecule has 1 aromatic heterocycles. The number of aryl methyl sites for hydroxylation is 1. The molecule has 0 bridgehead atoms. The normalized spacial score (nSPS) is 12.2. The number of anilines is 2. The average molecular weight is 291 g/mol. The Kier molecular flexibility index (Phi) is 4.14. The molecule has 2 aromatic rings. The highest BCUT2D eigenvalue weighted by molar-refractivity contribution is 6.30. The van der Waals surface area contributed by atoms with E-state index in [0.29, 0.717) is 11.6 Å². The number of nitrogens with zero attached hydrogens (tertiary/aromatic N) is 3. The van der Waals surface area contributed by atoms with Gasteiger partial charge in [0.15, 0.2) is 0 Å². The Labute approximate surface area is 124 Å². The van der Waals surface area contributed by atoms with Crippen molar-refractivity contribution in [2.24, 2.45) is 0 Å². The van der Waals surface area contributed by atoms with E-state index < -0.39 is 0 Å². The summed E-state index contributed by atoms with van der Waals surface area (Å²) in [7, 11) is 2.01. The molecule has 5 heteroatoms. The molecular formula is C15H19ClN4. The van der Waals surface area contributed by atoms with E-state index in [-0.39, 0.29) is 6.04 Å². The minimum atomic E-state index is 0.166. The predicted octanol–water partition coefficient (Wildman–Crippen LogP) is 3.53. The Morgan fingerprint density at radius 1 is 1.15 bits per heavy atom. The van der Waals surface area contributed by atoms with Crippen molar-refractivity contribution in [3.8, 4) is 0 Å². The largest absolute Gasteiger partial charge is 0.383 e. The lowest BCUT2D eigenvalue weighted by atomic mass is 10.1. The van der Waals surface area contributed by atoms with Crippen molar-refractivity contribution in [1.82, 2.24) is 9.97 Å². The van der Waals surface area contributed by atoms with Crippen molar-refractivity contribution >= 4 is 23.2 Å². The van der Waals surface area contributed by atoms with Crippen LogP contribution in [0.3, 0.4) is 0 Å². The van der Waals surface area contributed by atoms with Gasteiger partial charge < -0.3 is 10.6 Å². The minimum absolute atomic E-state index is 0.166. The van der Waals surface area contributed by atoms with Crippen LogP contribution in [0.2, 0.25) is 5.02 Å². The second-order valence-electron chi connectivity index (χ2n) is 4.94. The Bertz CT molecular complexity index is 610. The topological polar surface area (TPSA) is 55.0 Å². The summed E-state index contributed by atoms with van der Waals surface area (Å²) in [6.45, 7) is 5.91. The van der Waals surface area contributed by atoms with Crippen molar-refractivity contribution < 1.29 is 0 Å². The number of nitrogen functional groups attached to an aromatic ring is 1. The van der Waals surface area contributed by atoms with E-state index in [0.717, 1.165) is 16.4 Å². The molecule has 1 atom stereocenters. The maximum absolute atomic E-state index is 5.93. The average Bonchev–Trinajstić information content (AvgIpc) is 2.42. The summed E-state index contributed by atoms with van der Waals surface area (Å²) in [5.74, 6) is 2.07. The molecule has 0 saturated heterocycles. The molecule has 0 aliphatic rings. The van der Waals surface area contributed by atoms with Crippen LogP contribution >= 0.6 is 11.6 Å². The third-order valence-electron chi connectivity index (χ3n) is 3.54. The zero-order valence-electron chi connectivity index (χ0n) is 12.2. The molecule has 0 aliphatic carbocycles. The van der Waals surface area contributed by atoms with Gasteiger partial charge in [-0.3, -0.25) is 0 Å². The fourth-order valence-corrected chi connectivity index (χ4v) is 2.25. The van der Waals surface area contributed by atoms with E-state index in [1.54, 1.807) is 0 Å².